The quantitative estimate of drug-likeness (QED) is 0.909. The van der Waals surface area contributed by atoms with Crippen molar-refractivity contribution in [3.8, 4) is 0 Å². The zero-order valence-corrected chi connectivity index (χ0v) is 11.9. The molecule has 0 spiro atoms. The van der Waals surface area contributed by atoms with Gasteiger partial charge in [-0.25, -0.2) is 4.39 Å². The molecule has 0 amide bonds. The first-order valence-corrected chi connectivity index (χ1v) is 7.09. The van der Waals surface area contributed by atoms with E-state index >= 15 is 0 Å². The summed E-state index contributed by atoms with van der Waals surface area (Å²) in [7, 11) is 2.16. The lowest BCUT2D eigenvalue weighted by atomic mass is 10.1. The molecule has 1 aliphatic rings. The molecule has 1 fully saturated rings. The molecule has 0 saturated carbocycles. The third-order valence-electron chi connectivity index (χ3n) is 3.96. The molecule has 1 saturated heterocycles. The molecule has 0 aliphatic carbocycles. The predicted octanol–water partition coefficient (Wildman–Crippen LogP) is 2.20. The van der Waals surface area contributed by atoms with Crippen LogP contribution in [0.5, 0.6) is 0 Å². The largest absolute Gasteiger partial charge is 0.367 e. The minimum atomic E-state index is -0.188. The van der Waals surface area contributed by atoms with Crippen LogP contribution < -0.4 is 10.6 Å². The number of likely N-dealkylation sites (N-methyl/N-ethyl adjacent to an activating group) is 1. The van der Waals surface area contributed by atoms with Crippen LogP contribution >= 0.6 is 0 Å². The first kappa shape index (κ1) is 14.3. The second-order valence-corrected chi connectivity index (χ2v) is 5.35. The van der Waals surface area contributed by atoms with Crippen molar-refractivity contribution in [2.45, 2.75) is 32.4 Å². The molecule has 1 aliphatic heterocycles. The van der Waals surface area contributed by atoms with Gasteiger partial charge in [-0.1, -0.05) is 13.0 Å². The van der Waals surface area contributed by atoms with E-state index in [1.807, 2.05) is 12.1 Å². The van der Waals surface area contributed by atoms with E-state index in [1.165, 1.54) is 0 Å². The molecule has 1 atom stereocenters. The fraction of sp³-hybridized carbons (Fsp3) is 0.600. The summed E-state index contributed by atoms with van der Waals surface area (Å²) in [5.41, 5.74) is 7.09. The Kier molecular flexibility index (Phi) is 4.77. The fourth-order valence-corrected chi connectivity index (χ4v) is 2.81. The topological polar surface area (TPSA) is 32.5 Å². The van der Waals surface area contributed by atoms with Crippen LogP contribution in [0.25, 0.3) is 0 Å². The smallest absolute Gasteiger partial charge is 0.129 e. The minimum absolute atomic E-state index is 0.188. The van der Waals surface area contributed by atoms with Crippen LogP contribution in [0, 0.1) is 5.82 Å². The van der Waals surface area contributed by atoms with Gasteiger partial charge in [0.15, 0.2) is 0 Å². The highest BCUT2D eigenvalue weighted by atomic mass is 19.1. The van der Waals surface area contributed by atoms with Crippen LogP contribution in [0.15, 0.2) is 18.2 Å². The number of hydrogen-bond acceptors (Lipinski definition) is 3. The normalized spacial score (nSPS) is 21.5. The zero-order chi connectivity index (χ0) is 13.8. The van der Waals surface area contributed by atoms with Crippen molar-refractivity contribution in [1.82, 2.24) is 4.90 Å². The van der Waals surface area contributed by atoms with E-state index in [1.54, 1.807) is 6.07 Å². The molecule has 1 aromatic carbocycles. The summed E-state index contributed by atoms with van der Waals surface area (Å²) in [5.74, 6) is -0.188. The van der Waals surface area contributed by atoms with Crippen molar-refractivity contribution in [2.24, 2.45) is 5.73 Å². The number of nitrogens with two attached hydrogens (primary N) is 1. The molecule has 1 aromatic rings. The molecule has 0 radical (unpaired) electrons. The number of rotatable bonds is 3. The van der Waals surface area contributed by atoms with Crippen molar-refractivity contribution in [1.29, 1.82) is 0 Å². The third-order valence-corrected chi connectivity index (χ3v) is 3.96. The van der Waals surface area contributed by atoms with Gasteiger partial charge in [-0.3, -0.25) is 0 Å². The first-order valence-electron chi connectivity index (χ1n) is 7.09. The van der Waals surface area contributed by atoms with E-state index in [2.05, 4.69) is 23.8 Å². The Bertz CT molecular complexity index is 422. The van der Waals surface area contributed by atoms with Crippen molar-refractivity contribution < 1.29 is 4.39 Å². The molecule has 19 heavy (non-hydrogen) atoms. The summed E-state index contributed by atoms with van der Waals surface area (Å²) < 4.78 is 13.9. The van der Waals surface area contributed by atoms with Crippen molar-refractivity contribution in [3.63, 3.8) is 0 Å². The summed E-state index contributed by atoms with van der Waals surface area (Å²) >= 11 is 0. The summed E-state index contributed by atoms with van der Waals surface area (Å²) in [6.07, 6.45) is 2.19. The number of nitrogens with zero attached hydrogens (tertiary/aromatic N) is 2. The maximum Gasteiger partial charge on any atom is 0.129 e. The van der Waals surface area contributed by atoms with E-state index < -0.39 is 0 Å². The number of halogens is 1. The van der Waals surface area contributed by atoms with Gasteiger partial charge in [-0.15, -0.1) is 0 Å². The Labute approximate surface area is 115 Å². The first-order chi connectivity index (χ1) is 9.15. The predicted molar refractivity (Wildman–Crippen MR) is 77.8 cm³/mol. The Balaban J connectivity index is 2.25. The second kappa shape index (κ2) is 6.35. The van der Waals surface area contributed by atoms with E-state index in [4.69, 9.17) is 5.73 Å². The van der Waals surface area contributed by atoms with Crippen LogP contribution in [0.2, 0.25) is 0 Å². The van der Waals surface area contributed by atoms with E-state index in [0.717, 1.165) is 38.2 Å². The monoisotopic (exact) mass is 265 g/mol. The summed E-state index contributed by atoms with van der Waals surface area (Å²) in [6.45, 7) is 5.59. The highest BCUT2D eigenvalue weighted by Gasteiger charge is 2.22. The lowest BCUT2D eigenvalue weighted by Gasteiger charge is -2.32. The van der Waals surface area contributed by atoms with Crippen LogP contribution in [0.1, 0.15) is 25.3 Å². The molecule has 1 unspecified atom stereocenters. The zero-order valence-electron chi connectivity index (χ0n) is 11.9. The molecule has 4 heteroatoms. The lowest BCUT2D eigenvalue weighted by molar-refractivity contribution is 0.328. The third kappa shape index (κ3) is 3.25. The highest BCUT2D eigenvalue weighted by Crippen LogP contribution is 2.24. The van der Waals surface area contributed by atoms with E-state index in [-0.39, 0.29) is 12.4 Å². The summed E-state index contributed by atoms with van der Waals surface area (Å²) in [6, 6.07) is 5.90. The number of benzene rings is 1. The molecular weight excluding hydrogens is 241 g/mol. The molecule has 2 N–H and O–H groups in total. The van der Waals surface area contributed by atoms with Gasteiger partial charge in [0.2, 0.25) is 0 Å². The summed E-state index contributed by atoms with van der Waals surface area (Å²) in [4.78, 5) is 4.70. The minimum Gasteiger partial charge on any atom is -0.367 e. The van der Waals surface area contributed by atoms with E-state index in [0.29, 0.717) is 11.6 Å². The van der Waals surface area contributed by atoms with Crippen molar-refractivity contribution in [2.75, 3.05) is 31.6 Å². The van der Waals surface area contributed by atoms with Crippen molar-refractivity contribution in [3.05, 3.63) is 29.6 Å². The van der Waals surface area contributed by atoms with Crippen molar-refractivity contribution >= 4 is 5.69 Å². The SMILES string of the molecule is CCC1CN(C)CCCN1c1ccc(CN)c(F)c1. The van der Waals surface area contributed by atoms with Gasteiger partial charge in [0, 0.05) is 36.9 Å². The van der Waals surface area contributed by atoms with Crippen LogP contribution in [0.3, 0.4) is 0 Å². The standard InChI is InChI=1S/C15H24FN3/c1-3-13-11-18(2)7-4-8-19(13)14-6-5-12(10-17)15(16)9-14/h5-6,9,13H,3-4,7-8,10-11,17H2,1-2H3. The van der Waals surface area contributed by atoms with Gasteiger partial charge in [0.05, 0.1) is 0 Å². The molecule has 0 bridgehead atoms. The van der Waals surface area contributed by atoms with Gasteiger partial charge in [-0.05, 0) is 38.6 Å². The Morgan fingerprint density at radius 2 is 2.16 bits per heavy atom. The van der Waals surface area contributed by atoms with Gasteiger partial charge in [-0.2, -0.15) is 0 Å². The maximum atomic E-state index is 13.9. The Morgan fingerprint density at radius 3 is 2.79 bits per heavy atom. The molecule has 2 rings (SSSR count). The number of anilines is 1. The van der Waals surface area contributed by atoms with Gasteiger partial charge in [0.25, 0.3) is 0 Å². The van der Waals surface area contributed by atoms with Gasteiger partial charge in [0.1, 0.15) is 5.82 Å². The highest BCUT2D eigenvalue weighted by molar-refractivity contribution is 5.49. The molecule has 0 aromatic heterocycles. The maximum absolute atomic E-state index is 13.9. The molecule has 1 heterocycles. The Morgan fingerprint density at radius 1 is 1.37 bits per heavy atom. The average molecular weight is 265 g/mol. The lowest BCUT2D eigenvalue weighted by Crippen LogP contribution is -2.39. The van der Waals surface area contributed by atoms with Crippen LogP contribution in [-0.2, 0) is 6.54 Å². The van der Waals surface area contributed by atoms with Crippen LogP contribution in [0.4, 0.5) is 10.1 Å². The van der Waals surface area contributed by atoms with Gasteiger partial charge < -0.3 is 15.5 Å². The van der Waals surface area contributed by atoms with E-state index in [9.17, 15) is 4.39 Å². The average Bonchev–Trinajstić information content (AvgIpc) is 2.60. The fourth-order valence-electron chi connectivity index (χ4n) is 2.81. The number of hydrogen-bond donors (Lipinski definition) is 1. The summed E-state index contributed by atoms with van der Waals surface area (Å²) in [5, 5.41) is 0. The molecular formula is C15H24FN3. The molecule has 106 valence electrons. The second-order valence-electron chi connectivity index (χ2n) is 5.35. The van der Waals surface area contributed by atoms with Crippen LogP contribution in [-0.4, -0.2) is 37.6 Å². The molecule has 3 nitrogen and oxygen atoms in total. The van der Waals surface area contributed by atoms with Gasteiger partial charge >= 0.3 is 0 Å². The Hall–Kier alpha value is -1.13.